The Morgan fingerprint density at radius 3 is 1.79 bits per heavy atom. The number of methoxy groups -OCH3 is 1. The molecule has 0 aliphatic carbocycles. The Morgan fingerprint density at radius 2 is 1.38 bits per heavy atom. The minimum Gasteiger partial charge on any atom is -0.726 e. The summed E-state index contributed by atoms with van der Waals surface area (Å²) in [6.07, 6.45) is -0.628. The Bertz CT molecular complexity index is 688. The van der Waals surface area contributed by atoms with Crippen molar-refractivity contribution in [1.29, 1.82) is 0 Å². The van der Waals surface area contributed by atoms with Crippen molar-refractivity contribution >= 4 is 22.3 Å². The molecule has 1 heterocycles. The predicted molar refractivity (Wildman–Crippen MR) is 115 cm³/mol. The van der Waals surface area contributed by atoms with Gasteiger partial charge < -0.3 is 28.6 Å². The summed E-state index contributed by atoms with van der Waals surface area (Å²) in [6.45, 7) is 3.29. The maximum absolute atomic E-state index is 12.5. The minimum atomic E-state index is -5.27. The van der Waals surface area contributed by atoms with Crippen LogP contribution in [-0.2, 0) is 43.1 Å². The fourth-order valence-corrected chi connectivity index (χ4v) is 4.05. The van der Waals surface area contributed by atoms with Gasteiger partial charge in [0, 0.05) is 20.0 Å². The number of carbonyl (C=O) groups is 2. The summed E-state index contributed by atoms with van der Waals surface area (Å²) in [7, 11) is -4.02. The molecule has 0 saturated carbocycles. The Hall–Kier alpha value is -0.310. The van der Waals surface area contributed by atoms with Crippen LogP contribution < -0.4 is 29.6 Å². The third kappa shape index (κ3) is 12.6. The van der Waals surface area contributed by atoms with Crippen LogP contribution >= 0.6 is 0 Å². The molecule has 1 rings (SSSR count). The number of aliphatic hydroxyl groups excluding tert-OH is 1. The van der Waals surface area contributed by atoms with Crippen molar-refractivity contribution in [2.24, 2.45) is 0 Å². The average molecular weight is 521 g/mol. The quantitative estimate of drug-likeness (QED) is 0.0871. The van der Waals surface area contributed by atoms with Crippen molar-refractivity contribution in [1.82, 2.24) is 0 Å². The molecular weight excluding hydrogens is 483 g/mol. The van der Waals surface area contributed by atoms with Gasteiger partial charge in [-0.3, -0.25) is 13.8 Å². The second kappa shape index (κ2) is 18.0. The zero-order valence-electron chi connectivity index (χ0n) is 20.6. The summed E-state index contributed by atoms with van der Waals surface area (Å²) >= 11 is 0. The van der Waals surface area contributed by atoms with Crippen LogP contribution in [0.25, 0.3) is 0 Å². The summed E-state index contributed by atoms with van der Waals surface area (Å²) in [5.41, 5.74) is 0. The Balaban J connectivity index is 0.0000109. The van der Waals surface area contributed by atoms with Gasteiger partial charge in [-0.05, 0) is 12.8 Å². The fraction of sp³-hybridized carbons (Fsp3) is 0.905. The van der Waals surface area contributed by atoms with E-state index >= 15 is 0 Å². The normalized spacial score (nSPS) is 24.8. The van der Waals surface area contributed by atoms with Crippen molar-refractivity contribution in [2.45, 2.75) is 109 Å². The molecule has 0 bridgehead atoms. The van der Waals surface area contributed by atoms with Crippen LogP contribution in [-0.4, -0.2) is 74.4 Å². The number of unbranched alkanes of at least 4 members (excludes halogenated alkanes) is 6. The molecule has 1 N–H and O–H groups in total. The van der Waals surface area contributed by atoms with E-state index in [1.807, 2.05) is 13.8 Å². The first-order chi connectivity index (χ1) is 15.7. The second-order valence-corrected chi connectivity index (χ2v) is 8.97. The molecule has 11 nitrogen and oxygen atoms in total. The van der Waals surface area contributed by atoms with Crippen LogP contribution in [0.1, 0.15) is 78.1 Å². The van der Waals surface area contributed by atoms with Gasteiger partial charge in [0.15, 0.2) is 18.5 Å². The van der Waals surface area contributed by atoms with Crippen molar-refractivity contribution < 1.29 is 80.4 Å². The van der Waals surface area contributed by atoms with Crippen LogP contribution in [0.5, 0.6) is 0 Å². The topological polar surface area (TPSA) is 158 Å². The summed E-state index contributed by atoms with van der Waals surface area (Å²) in [6, 6.07) is 0. The largest absolute Gasteiger partial charge is 1.00 e. The molecule has 34 heavy (non-hydrogen) atoms. The molecule has 1 aliphatic heterocycles. The summed E-state index contributed by atoms with van der Waals surface area (Å²) in [4.78, 5) is 24.9. The Kier molecular flexibility index (Phi) is 17.8. The van der Waals surface area contributed by atoms with E-state index in [0.29, 0.717) is 12.8 Å². The minimum absolute atomic E-state index is 0. The molecule has 0 aromatic heterocycles. The van der Waals surface area contributed by atoms with E-state index in [-0.39, 0.29) is 42.4 Å². The Morgan fingerprint density at radius 1 is 0.882 bits per heavy atom. The van der Waals surface area contributed by atoms with Gasteiger partial charge in [0.05, 0.1) is 6.61 Å². The Labute approximate surface area is 224 Å². The number of esters is 2. The molecule has 0 radical (unpaired) electrons. The molecular formula is C21H37NaO11S. The van der Waals surface area contributed by atoms with Gasteiger partial charge in [-0.1, -0.05) is 52.4 Å². The number of carbonyl (C=O) groups excluding carboxylic acids is 2. The van der Waals surface area contributed by atoms with Crippen LogP contribution in [0.3, 0.4) is 0 Å². The van der Waals surface area contributed by atoms with Crippen molar-refractivity contribution in [3.8, 4) is 0 Å². The molecule has 13 heteroatoms. The van der Waals surface area contributed by atoms with Gasteiger partial charge in [-0.25, -0.2) is 8.42 Å². The van der Waals surface area contributed by atoms with E-state index in [9.17, 15) is 27.7 Å². The number of hydrogen-bond acceptors (Lipinski definition) is 11. The first kappa shape index (κ1) is 33.7. The zero-order valence-corrected chi connectivity index (χ0v) is 23.4. The first-order valence-corrected chi connectivity index (χ1v) is 12.8. The average Bonchev–Trinajstić information content (AvgIpc) is 2.75. The molecule has 194 valence electrons. The number of hydrogen-bond donors (Lipinski definition) is 1. The van der Waals surface area contributed by atoms with Crippen LogP contribution in [0.4, 0.5) is 0 Å². The van der Waals surface area contributed by atoms with Crippen LogP contribution in [0, 0.1) is 0 Å². The SMILES string of the molecule is CCCCCCC(=O)O[C@@H]1[C@@H](OC(=O)CCCCCC)[C@@H](OC)O[C@H](CO)[C@H]1OS(=O)(=O)[O-].[Na+]. The molecule has 0 spiro atoms. The summed E-state index contributed by atoms with van der Waals surface area (Å²) in [5.74, 6) is -1.32. The zero-order chi connectivity index (χ0) is 24.9. The maximum Gasteiger partial charge on any atom is 1.00 e. The third-order valence-electron chi connectivity index (χ3n) is 5.24. The summed E-state index contributed by atoms with van der Waals surface area (Å²) in [5, 5.41) is 9.65. The summed E-state index contributed by atoms with van der Waals surface area (Å²) < 4.78 is 60.1. The van der Waals surface area contributed by atoms with Crippen molar-refractivity contribution in [2.75, 3.05) is 13.7 Å². The molecule has 1 fully saturated rings. The standard InChI is InChI=1S/C21H38O11S.Na/c1-4-6-8-10-12-16(23)30-19-18(32-33(25,26)27)15(14-22)29-21(28-3)20(19)31-17(24)13-11-9-7-5-2;/h15,18-22H,4-14H2,1-3H3,(H,25,26,27);/q;+1/p-1/t15-,18-,19+,20-,21+;/m1./s1. The van der Waals surface area contributed by atoms with Gasteiger partial charge in [0.25, 0.3) is 0 Å². The smallest absolute Gasteiger partial charge is 0.726 e. The molecule has 1 aliphatic rings. The van der Waals surface area contributed by atoms with Crippen LogP contribution in [0.2, 0.25) is 0 Å². The second-order valence-electron chi connectivity index (χ2n) is 7.96. The number of ether oxygens (including phenoxy) is 4. The molecule has 1 saturated heterocycles. The predicted octanol–water partition coefficient (Wildman–Crippen LogP) is -1.04. The van der Waals surface area contributed by atoms with Gasteiger partial charge in [0.1, 0.15) is 12.2 Å². The number of rotatable bonds is 16. The molecule has 0 unspecified atom stereocenters. The van der Waals surface area contributed by atoms with Gasteiger partial charge >= 0.3 is 41.5 Å². The maximum atomic E-state index is 12.5. The van der Waals surface area contributed by atoms with Crippen molar-refractivity contribution in [3.05, 3.63) is 0 Å². The molecule has 0 amide bonds. The number of aliphatic hydroxyl groups is 1. The molecule has 5 atom stereocenters. The van der Waals surface area contributed by atoms with Gasteiger partial charge in [0.2, 0.25) is 10.4 Å². The van der Waals surface area contributed by atoms with E-state index in [1.54, 1.807) is 0 Å². The van der Waals surface area contributed by atoms with E-state index in [2.05, 4.69) is 4.18 Å². The third-order valence-corrected chi connectivity index (χ3v) is 5.69. The van der Waals surface area contributed by atoms with E-state index in [0.717, 1.165) is 38.5 Å². The van der Waals surface area contributed by atoms with E-state index in [4.69, 9.17) is 18.9 Å². The van der Waals surface area contributed by atoms with Crippen LogP contribution in [0.15, 0.2) is 0 Å². The fourth-order valence-electron chi connectivity index (χ4n) is 3.54. The van der Waals surface area contributed by atoms with E-state index < -0.39 is 59.7 Å². The van der Waals surface area contributed by atoms with Gasteiger partial charge in [-0.2, -0.15) is 0 Å². The first-order valence-electron chi connectivity index (χ1n) is 11.5. The molecule has 0 aromatic rings. The molecule has 0 aromatic carbocycles. The van der Waals surface area contributed by atoms with Gasteiger partial charge in [-0.15, -0.1) is 0 Å². The van der Waals surface area contributed by atoms with Crippen molar-refractivity contribution in [3.63, 3.8) is 0 Å². The monoisotopic (exact) mass is 520 g/mol. The van der Waals surface area contributed by atoms with E-state index in [1.165, 1.54) is 7.11 Å².